The van der Waals surface area contributed by atoms with Gasteiger partial charge in [-0.2, -0.15) is 0 Å². The molecule has 1 aliphatic heterocycles. The second kappa shape index (κ2) is 6.33. The molecule has 0 aromatic heterocycles. The molecule has 3 nitrogen and oxygen atoms in total. The fourth-order valence-corrected chi connectivity index (χ4v) is 4.97. The molecule has 3 aliphatic rings. The van der Waals surface area contributed by atoms with E-state index < -0.39 is 0 Å². The lowest BCUT2D eigenvalue weighted by Crippen LogP contribution is -2.30. The number of hydrogen-bond acceptors (Lipinski definition) is 2. The number of benzene rings is 2. The summed E-state index contributed by atoms with van der Waals surface area (Å²) in [6, 6.07) is 9.43. The first kappa shape index (κ1) is 17.7. The molecule has 2 fully saturated rings. The zero-order chi connectivity index (χ0) is 19.5. The maximum atomic E-state index is 13.4. The molecule has 1 unspecified atom stereocenters. The Bertz CT molecular complexity index is 940. The van der Waals surface area contributed by atoms with Gasteiger partial charge in [0.25, 0.3) is 0 Å². The average molecular weight is 378 g/mol. The Hall–Kier alpha value is -2.36. The number of hydrogen-bond donors (Lipinski definition) is 1. The molecular formula is C24H27FN2O. The van der Waals surface area contributed by atoms with Crippen LogP contribution in [0.3, 0.4) is 0 Å². The molecule has 146 valence electrons. The Balaban J connectivity index is 1.30. The van der Waals surface area contributed by atoms with Crippen LogP contribution in [0, 0.1) is 31.0 Å². The van der Waals surface area contributed by atoms with Gasteiger partial charge in [-0.05, 0) is 97.4 Å². The summed E-state index contributed by atoms with van der Waals surface area (Å²) in [4.78, 5) is 14.8. The van der Waals surface area contributed by atoms with Gasteiger partial charge >= 0.3 is 0 Å². The molecule has 4 heteroatoms. The maximum Gasteiger partial charge on any atom is 0.224 e. The van der Waals surface area contributed by atoms with Crippen molar-refractivity contribution in [2.45, 2.75) is 52.5 Å². The van der Waals surface area contributed by atoms with Crippen LogP contribution in [-0.4, -0.2) is 12.5 Å². The van der Waals surface area contributed by atoms with Gasteiger partial charge in [0.15, 0.2) is 0 Å². The summed E-state index contributed by atoms with van der Waals surface area (Å²) in [6.45, 7) is 5.81. The number of carbonyl (C=O) groups is 1. The van der Waals surface area contributed by atoms with Gasteiger partial charge in [0.05, 0.1) is 0 Å². The van der Waals surface area contributed by atoms with Crippen LogP contribution < -0.4 is 10.2 Å². The van der Waals surface area contributed by atoms with Crippen molar-refractivity contribution in [3.63, 3.8) is 0 Å². The van der Waals surface area contributed by atoms with E-state index in [1.165, 1.54) is 30.5 Å². The number of rotatable bonds is 4. The van der Waals surface area contributed by atoms with Gasteiger partial charge < -0.3 is 10.2 Å². The fourth-order valence-electron chi connectivity index (χ4n) is 4.97. The number of aryl methyl sites for hydroxylation is 2. The second-order valence-corrected chi connectivity index (χ2v) is 9.05. The van der Waals surface area contributed by atoms with Crippen molar-refractivity contribution in [2.24, 2.45) is 11.3 Å². The molecule has 5 rings (SSSR count). The molecule has 0 bridgehead atoms. The van der Waals surface area contributed by atoms with Crippen molar-refractivity contribution >= 4 is 17.3 Å². The first-order chi connectivity index (χ1) is 13.4. The first-order valence-corrected chi connectivity index (χ1v) is 10.4. The Morgan fingerprint density at radius 2 is 1.93 bits per heavy atom. The molecule has 1 heterocycles. The lowest BCUT2D eigenvalue weighted by atomic mass is 9.98. The lowest BCUT2D eigenvalue weighted by Gasteiger charge is -2.31. The zero-order valence-electron chi connectivity index (χ0n) is 16.6. The number of amides is 1. The third-order valence-electron chi connectivity index (χ3n) is 7.01. The number of nitrogens with one attached hydrogen (secondary N) is 1. The van der Waals surface area contributed by atoms with Gasteiger partial charge in [-0.25, -0.2) is 4.39 Å². The highest BCUT2D eigenvalue weighted by Gasteiger charge is 2.62. The minimum Gasteiger partial charge on any atom is -0.367 e. The number of nitrogens with zero attached hydrogens (tertiary/aromatic N) is 1. The predicted octanol–water partition coefficient (Wildman–Crippen LogP) is 5.13. The summed E-state index contributed by atoms with van der Waals surface area (Å²) in [7, 11) is 0. The smallest absolute Gasteiger partial charge is 0.224 e. The summed E-state index contributed by atoms with van der Waals surface area (Å²) in [5.74, 6) is 0.616. The van der Waals surface area contributed by atoms with Crippen molar-refractivity contribution in [3.8, 4) is 0 Å². The van der Waals surface area contributed by atoms with E-state index in [1.807, 2.05) is 6.07 Å². The number of carbonyl (C=O) groups excluding carboxylic acids is 1. The molecule has 2 aromatic rings. The van der Waals surface area contributed by atoms with E-state index in [4.69, 9.17) is 0 Å². The van der Waals surface area contributed by atoms with Gasteiger partial charge in [-0.3, -0.25) is 4.79 Å². The Labute approximate surface area is 165 Å². The highest BCUT2D eigenvalue weighted by atomic mass is 19.1. The third kappa shape index (κ3) is 3.19. The summed E-state index contributed by atoms with van der Waals surface area (Å²) in [6.07, 6.45) is 5.41. The molecule has 28 heavy (non-hydrogen) atoms. The number of anilines is 2. The van der Waals surface area contributed by atoms with Crippen molar-refractivity contribution in [1.82, 2.24) is 0 Å². The van der Waals surface area contributed by atoms with Gasteiger partial charge in [0.1, 0.15) is 5.82 Å². The molecule has 2 aromatic carbocycles. The number of fused-ring (bicyclic) bond motifs is 1. The van der Waals surface area contributed by atoms with Crippen LogP contribution in [-0.2, 0) is 17.8 Å². The molecule has 1 atom stereocenters. The topological polar surface area (TPSA) is 32.3 Å². The fraction of sp³-hybridized carbons (Fsp3) is 0.458. The Kier molecular flexibility index (Phi) is 4.01. The van der Waals surface area contributed by atoms with E-state index in [-0.39, 0.29) is 11.7 Å². The van der Waals surface area contributed by atoms with E-state index in [1.54, 1.807) is 12.1 Å². The minimum absolute atomic E-state index is 0.154. The summed E-state index contributed by atoms with van der Waals surface area (Å²) < 4.78 is 13.4. The van der Waals surface area contributed by atoms with E-state index in [0.29, 0.717) is 17.8 Å². The van der Waals surface area contributed by atoms with Gasteiger partial charge in [0, 0.05) is 30.9 Å². The molecule has 2 saturated carbocycles. The first-order valence-electron chi connectivity index (χ1n) is 10.4. The van der Waals surface area contributed by atoms with E-state index in [9.17, 15) is 9.18 Å². The highest BCUT2D eigenvalue weighted by Crippen LogP contribution is 2.71. The quantitative estimate of drug-likeness (QED) is 0.799. The van der Waals surface area contributed by atoms with Crippen molar-refractivity contribution in [2.75, 3.05) is 16.8 Å². The molecule has 1 amide bonds. The maximum absolute atomic E-state index is 13.4. The summed E-state index contributed by atoms with van der Waals surface area (Å²) >= 11 is 0. The Morgan fingerprint density at radius 1 is 1.18 bits per heavy atom. The van der Waals surface area contributed by atoms with Crippen LogP contribution in [0.1, 0.15) is 47.9 Å². The standard InChI is InChI=1S/C24H27FN2O/c1-15-9-21(27-8-5-17-11-20(25)4-3-18(17)14-27)10-16(2)23(15)26-22(28)12-19-13-24(19)6-7-24/h3-4,9-11,19H,5-8,12-14H2,1-2H3,(H,26,28). The third-order valence-corrected chi connectivity index (χ3v) is 7.01. The molecular weight excluding hydrogens is 351 g/mol. The van der Waals surface area contributed by atoms with Gasteiger partial charge in [0.2, 0.25) is 5.91 Å². The van der Waals surface area contributed by atoms with Crippen LogP contribution in [0.2, 0.25) is 0 Å². The van der Waals surface area contributed by atoms with Crippen LogP contribution in [0.5, 0.6) is 0 Å². The van der Waals surface area contributed by atoms with Crippen molar-refractivity contribution in [1.29, 1.82) is 0 Å². The molecule has 0 radical (unpaired) electrons. The molecule has 2 aliphatic carbocycles. The van der Waals surface area contributed by atoms with E-state index >= 15 is 0 Å². The van der Waals surface area contributed by atoms with E-state index in [0.717, 1.165) is 41.9 Å². The Morgan fingerprint density at radius 3 is 2.61 bits per heavy atom. The van der Waals surface area contributed by atoms with Crippen LogP contribution >= 0.6 is 0 Å². The number of halogens is 1. The van der Waals surface area contributed by atoms with E-state index in [2.05, 4.69) is 36.2 Å². The molecule has 1 N–H and O–H groups in total. The lowest BCUT2D eigenvalue weighted by molar-refractivity contribution is -0.116. The monoisotopic (exact) mass is 378 g/mol. The normalized spacial score (nSPS) is 21.4. The van der Waals surface area contributed by atoms with Crippen LogP contribution in [0.4, 0.5) is 15.8 Å². The SMILES string of the molecule is Cc1cc(N2CCc3cc(F)ccc3C2)cc(C)c1NC(=O)CC1CC12CC2. The van der Waals surface area contributed by atoms with Gasteiger partial charge in [-0.1, -0.05) is 6.07 Å². The zero-order valence-corrected chi connectivity index (χ0v) is 16.6. The van der Waals surface area contributed by atoms with Crippen molar-refractivity contribution < 1.29 is 9.18 Å². The second-order valence-electron chi connectivity index (χ2n) is 9.05. The highest BCUT2D eigenvalue weighted by molar-refractivity contribution is 5.93. The average Bonchev–Trinajstić information content (AvgIpc) is 3.57. The van der Waals surface area contributed by atoms with Gasteiger partial charge in [-0.15, -0.1) is 0 Å². The summed E-state index contributed by atoms with van der Waals surface area (Å²) in [5, 5.41) is 3.17. The predicted molar refractivity (Wildman–Crippen MR) is 110 cm³/mol. The molecule has 1 spiro atoms. The minimum atomic E-state index is -0.155. The summed E-state index contributed by atoms with van der Waals surface area (Å²) in [5.41, 5.74) is 7.20. The molecule has 0 saturated heterocycles. The van der Waals surface area contributed by atoms with Crippen LogP contribution in [0.15, 0.2) is 30.3 Å². The largest absolute Gasteiger partial charge is 0.367 e. The van der Waals surface area contributed by atoms with Crippen molar-refractivity contribution in [3.05, 3.63) is 58.4 Å². The van der Waals surface area contributed by atoms with Crippen LogP contribution in [0.25, 0.3) is 0 Å².